The molecule has 1 aliphatic carbocycles. The van der Waals surface area contributed by atoms with E-state index in [0.717, 1.165) is 43.2 Å². The number of aliphatic carboxylic acids is 1. The minimum Gasteiger partial charge on any atom is -0.481 e. The predicted molar refractivity (Wildman–Crippen MR) is 92.6 cm³/mol. The Kier molecular flexibility index (Phi) is 4.91. The third-order valence-electron chi connectivity index (χ3n) is 4.84. The van der Waals surface area contributed by atoms with Crippen molar-refractivity contribution in [1.29, 1.82) is 0 Å². The maximum Gasteiger partial charge on any atom is 0.306 e. The molecular weight excluding hydrogens is 344 g/mol. The van der Waals surface area contributed by atoms with Crippen molar-refractivity contribution in [2.24, 2.45) is 5.92 Å². The molecule has 0 atom stereocenters. The second kappa shape index (κ2) is 6.90. The zero-order chi connectivity index (χ0) is 15.5. The third-order valence-corrected chi connectivity index (χ3v) is 5.33. The largest absolute Gasteiger partial charge is 0.481 e. The van der Waals surface area contributed by atoms with Crippen molar-refractivity contribution < 1.29 is 9.90 Å². The number of anilines is 2. The molecule has 2 fully saturated rings. The zero-order valence-electron chi connectivity index (χ0n) is 12.7. The number of hydrogen-bond donors (Lipinski definition) is 2. The van der Waals surface area contributed by atoms with E-state index in [1.807, 2.05) is 0 Å². The van der Waals surface area contributed by atoms with Gasteiger partial charge in [-0.15, -0.1) is 0 Å². The van der Waals surface area contributed by atoms with Crippen molar-refractivity contribution in [3.8, 4) is 0 Å². The highest BCUT2D eigenvalue weighted by Gasteiger charge is 2.26. The number of nitrogens with zero attached hydrogens (tertiary/aromatic N) is 1. The molecular formula is C17H23BrN2O2. The van der Waals surface area contributed by atoms with Gasteiger partial charge in [-0.1, -0.05) is 15.9 Å². The van der Waals surface area contributed by atoms with Crippen molar-refractivity contribution in [1.82, 2.24) is 0 Å². The van der Waals surface area contributed by atoms with E-state index in [1.165, 1.54) is 24.2 Å². The van der Waals surface area contributed by atoms with E-state index in [9.17, 15) is 4.79 Å². The molecule has 1 heterocycles. The molecule has 0 unspecified atom stereocenters. The van der Waals surface area contributed by atoms with Gasteiger partial charge in [0.2, 0.25) is 0 Å². The lowest BCUT2D eigenvalue weighted by atomic mass is 9.86. The van der Waals surface area contributed by atoms with E-state index in [-0.39, 0.29) is 5.92 Å². The summed E-state index contributed by atoms with van der Waals surface area (Å²) < 4.78 is 1.08. The minimum atomic E-state index is -0.640. The van der Waals surface area contributed by atoms with Crippen LogP contribution in [-0.4, -0.2) is 30.2 Å². The Morgan fingerprint density at radius 3 is 2.50 bits per heavy atom. The first kappa shape index (κ1) is 15.7. The standard InChI is InChI=1S/C17H23BrN2O2/c18-13-5-8-16(20-9-1-2-10-20)15(11-13)19-14-6-3-12(4-7-14)17(21)22/h5,8,11-12,14,19H,1-4,6-7,9-10H2,(H,21,22). The van der Waals surface area contributed by atoms with Gasteiger partial charge in [-0.3, -0.25) is 4.79 Å². The number of carboxylic acids is 1. The van der Waals surface area contributed by atoms with Crippen molar-refractivity contribution in [3.63, 3.8) is 0 Å². The molecule has 0 aromatic heterocycles. The number of carboxylic acid groups (broad SMARTS) is 1. The Labute approximate surface area is 140 Å². The number of benzene rings is 1. The molecule has 1 saturated heterocycles. The maximum absolute atomic E-state index is 11.1. The number of halogens is 1. The molecule has 120 valence electrons. The highest BCUT2D eigenvalue weighted by Crippen LogP contribution is 2.34. The van der Waals surface area contributed by atoms with Crippen LogP contribution in [0.2, 0.25) is 0 Å². The van der Waals surface area contributed by atoms with E-state index >= 15 is 0 Å². The highest BCUT2D eigenvalue weighted by molar-refractivity contribution is 9.10. The number of hydrogen-bond acceptors (Lipinski definition) is 3. The van der Waals surface area contributed by atoms with Crippen LogP contribution in [0, 0.1) is 5.92 Å². The fourth-order valence-electron chi connectivity index (χ4n) is 3.56. The number of nitrogens with one attached hydrogen (secondary N) is 1. The molecule has 0 amide bonds. The van der Waals surface area contributed by atoms with Gasteiger partial charge < -0.3 is 15.3 Å². The molecule has 1 aromatic rings. The van der Waals surface area contributed by atoms with E-state index in [0.29, 0.717) is 6.04 Å². The van der Waals surface area contributed by atoms with Crippen LogP contribution in [0.5, 0.6) is 0 Å². The summed E-state index contributed by atoms with van der Waals surface area (Å²) >= 11 is 3.56. The van der Waals surface area contributed by atoms with Gasteiger partial charge in [0.1, 0.15) is 0 Å². The van der Waals surface area contributed by atoms with Crippen molar-refractivity contribution in [2.75, 3.05) is 23.3 Å². The summed E-state index contributed by atoms with van der Waals surface area (Å²) in [4.78, 5) is 13.5. The molecule has 0 bridgehead atoms. The average Bonchev–Trinajstić information content (AvgIpc) is 3.02. The topological polar surface area (TPSA) is 52.6 Å². The summed E-state index contributed by atoms with van der Waals surface area (Å²) in [5.41, 5.74) is 2.45. The van der Waals surface area contributed by atoms with E-state index in [2.05, 4.69) is 44.3 Å². The second-order valence-corrected chi connectivity index (χ2v) is 7.30. The fraction of sp³-hybridized carbons (Fsp3) is 0.588. The first-order valence-corrected chi connectivity index (χ1v) is 8.96. The Hall–Kier alpha value is -1.23. The lowest BCUT2D eigenvalue weighted by Gasteiger charge is -2.30. The van der Waals surface area contributed by atoms with Gasteiger partial charge in [-0.25, -0.2) is 0 Å². The molecule has 0 radical (unpaired) electrons. The van der Waals surface area contributed by atoms with Gasteiger partial charge >= 0.3 is 5.97 Å². The van der Waals surface area contributed by atoms with Gasteiger partial charge in [-0.05, 0) is 56.7 Å². The molecule has 3 rings (SSSR count). The Bertz CT molecular complexity index is 535. The molecule has 1 saturated carbocycles. The molecule has 1 aromatic carbocycles. The molecule has 22 heavy (non-hydrogen) atoms. The Morgan fingerprint density at radius 2 is 1.86 bits per heavy atom. The van der Waals surface area contributed by atoms with Crippen LogP contribution in [0.15, 0.2) is 22.7 Å². The minimum absolute atomic E-state index is 0.154. The second-order valence-electron chi connectivity index (χ2n) is 6.39. The summed E-state index contributed by atoms with van der Waals surface area (Å²) in [6, 6.07) is 6.81. The van der Waals surface area contributed by atoms with Crippen molar-refractivity contribution >= 4 is 33.3 Å². The van der Waals surface area contributed by atoms with Gasteiger partial charge in [0.15, 0.2) is 0 Å². The van der Waals surface area contributed by atoms with Gasteiger partial charge in [0.05, 0.1) is 17.3 Å². The van der Waals surface area contributed by atoms with E-state index in [1.54, 1.807) is 0 Å². The zero-order valence-corrected chi connectivity index (χ0v) is 14.3. The molecule has 2 N–H and O–H groups in total. The van der Waals surface area contributed by atoms with Gasteiger partial charge in [0, 0.05) is 23.6 Å². The molecule has 1 aliphatic heterocycles. The summed E-state index contributed by atoms with van der Waals surface area (Å²) in [6.07, 6.45) is 5.95. The van der Waals surface area contributed by atoms with Crippen LogP contribution in [-0.2, 0) is 4.79 Å². The normalized spacial score (nSPS) is 25.2. The van der Waals surface area contributed by atoms with Gasteiger partial charge in [0.25, 0.3) is 0 Å². The monoisotopic (exact) mass is 366 g/mol. The third kappa shape index (κ3) is 3.57. The number of carbonyl (C=O) groups is 1. The molecule has 2 aliphatic rings. The van der Waals surface area contributed by atoms with E-state index < -0.39 is 5.97 Å². The maximum atomic E-state index is 11.1. The highest BCUT2D eigenvalue weighted by atomic mass is 79.9. The smallest absolute Gasteiger partial charge is 0.306 e. The lowest BCUT2D eigenvalue weighted by Crippen LogP contribution is -2.30. The molecule has 0 spiro atoms. The predicted octanol–water partition coefficient (Wildman–Crippen LogP) is 4.10. The first-order valence-electron chi connectivity index (χ1n) is 8.17. The van der Waals surface area contributed by atoms with E-state index in [4.69, 9.17) is 5.11 Å². The average molecular weight is 367 g/mol. The quantitative estimate of drug-likeness (QED) is 0.841. The Morgan fingerprint density at radius 1 is 1.18 bits per heavy atom. The summed E-state index contributed by atoms with van der Waals surface area (Å²) in [5, 5.41) is 12.8. The van der Waals surface area contributed by atoms with Crippen LogP contribution in [0.25, 0.3) is 0 Å². The molecule has 4 nitrogen and oxygen atoms in total. The van der Waals surface area contributed by atoms with Crippen LogP contribution in [0.1, 0.15) is 38.5 Å². The molecule has 5 heteroatoms. The summed E-state index contributed by atoms with van der Waals surface area (Å²) in [6.45, 7) is 2.25. The van der Waals surface area contributed by atoms with Gasteiger partial charge in [-0.2, -0.15) is 0 Å². The van der Waals surface area contributed by atoms with Crippen LogP contribution in [0.3, 0.4) is 0 Å². The SMILES string of the molecule is O=C(O)C1CCC(Nc2cc(Br)ccc2N2CCCC2)CC1. The Balaban J connectivity index is 1.69. The summed E-state index contributed by atoms with van der Waals surface area (Å²) in [5.74, 6) is -0.794. The van der Waals surface area contributed by atoms with Crippen molar-refractivity contribution in [2.45, 2.75) is 44.6 Å². The van der Waals surface area contributed by atoms with Crippen LogP contribution >= 0.6 is 15.9 Å². The lowest BCUT2D eigenvalue weighted by molar-refractivity contribution is -0.142. The first-order chi connectivity index (χ1) is 10.6. The fourth-order valence-corrected chi connectivity index (χ4v) is 3.92. The van der Waals surface area contributed by atoms with Crippen LogP contribution in [0.4, 0.5) is 11.4 Å². The van der Waals surface area contributed by atoms with Crippen LogP contribution < -0.4 is 10.2 Å². The van der Waals surface area contributed by atoms with Crippen molar-refractivity contribution in [3.05, 3.63) is 22.7 Å². The summed E-state index contributed by atoms with van der Waals surface area (Å²) in [7, 11) is 0. The number of rotatable bonds is 4.